The number of nitrogens with zero attached hydrogens (tertiary/aromatic N) is 2. The number of rotatable bonds is 9. The van der Waals surface area contributed by atoms with Crippen molar-refractivity contribution in [3.05, 3.63) is 60.7 Å². The Bertz CT molecular complexity index is 837. The average molecular weight is 397 g/mol. The highest BCUT2D eigenvalue weighted by molar-refractivity contribution is 7.89. The Kier molecular flexibility index (Phi) is 7.77. The van der Waals surface area contributed by atoms with Gasteiger partial charge in [-0.25, -0.2) is 17.1 Å². The normalized spacial score (nSPS) is 15.6. The molecule has 0 N–H and O–H groups in total. The second kappa shape index (κ2) is 9.82. The molecule has 0 fully saturated rings. The Hall–Kier alpha value is -1.74. The largest absolute Gasteiger partial charge is 0.281 e. The van der Waals surface area contributed by atoms with Crippen LogP contribution in [0.15, 0.2) is 79.2 Å². The quantitative estimate of drug-likeness (QED) is 0.602. The fraction of sp³-hybridized carbons (Fsp3) is 0.333. The van der Waals surface area contributed by atoms with Crippen LogP contribution in [0.2, 0.25) is 0 Å². The fourth-order valence-electron chi connectivity index (χ4n) is 2.19. The van der Waals surface area contributed by atoms with Gasteiger partial charge in [0.2, 0.25) is 0 Å². The Morgan fingerprint density at radius 1 is 0.692 bits per heavy atom. The van der Waals surface area contributed by atoms with Gasteiger partial charge in [0.25, 0.3) is 0 Å². The third-order valence-corrected chi connectivity index (χ3v) is 7.26. The van der Waals surface area contributed by atoms with Crippen LogP contribution in [0.25, 0.3) is 0 Å². The minimum absolute atomic E-state index is 0.268. The van der Waals surface area contributed by atoms with Gasteiger partial charge in [-0.05, 0) is 37.1 Å². The molecule has 0 heterocycles. The van der Waals surface area contributed by atoms with Crippen molar-refractivity contribution in [1.82, 2.24) is 0 Å². The summed E-state index contributed by atoms with van der Waals surface area (Å²) in [5.74, 6) is 0. The summed E-state index contributed by atoms with van der Waals surface area (Å²) in [4.78, 5) is 1.10. The van der Waals surface area contributed by atoms with Crippen molar-refractivity contribution in [1.29, 1.82) is 0 Å². The van der Waals surface area contributed by atoms with E-state index in [9.17, 15) is 8.42 Å². The van der Waals surface area contributed by atoms with E-state index in [1.54, 1.807) is 48.5 Å². The van der Waals surface area contributed by atoms with Gasteiger partial charge < -0.3 is 0 Å². The molecule has 0 aromatic heterocycles. The van der Waals surface area contributed by atoms with Crippen molar-refractivity contribution in [2.75, 3.05) is 27.3 Å². The lowest BCUT2D eigenvalue weighted by molar-refractivity contribution is 0.287. The molecule has 26 heavy (non-hydrogen) atoms. The highest BCUT2D eigenvalue weighted by Gasteiger charge is 2.13. The molecule has 0 saturated carbocycles. The van der Waals surface area contributed by atoms with Crippen molar-refractivity contribution in [3.63, 3.8) is 0 Å². The second-order valence-electron chi connectivity index (χ2n) is 5.29. The second-order valence-corrected chi connectivity index (χ2v) is 9.34. The van der Waals surface area contributed by atoms with Gasteiger partial charge in [0.15, 0.2) is 20.0 Å². The Morgan fingerprint density at radius 3 is 1.35 bits per heavy atom. The van der Waals surface area contributed by atoms with Gasteiger partial charge in [0, 0.05) is 14.1 Å². The highest BCUT2D eigenvalue weighted by Crippen LogP contribution is 2.16. The van der Waals surface area contributed by atoms with Gasteiger partial charge in [0.1, 0.15) is 0 Å². The topological polar surface area (TPSA) is 77.3 Å². The number of hydrogen-bond donors (Lipinski definition) is 0. The summed E-state index contributed by atoms with van der Waals surface area (Å²) < 4.78 is 44.3. The predicted molar refractivity (Wildman–Crippen MR) is 104 cm³/mol. The van der Waals surface area contributed by atoms with Gasteiger partial charge >= 0.3 is 0 Å². The molecule has 8 heteroatoms. The smallest absolute Gasteiger partial charge is 0.193 e. The van der Waals surface area contributed by atoms with Crippen LogP contribution in [0.3, 0.4) is 0 Å². The van der Waals surface area contributed by atoms with E-state index in [2.05, 4.69) is 8.73 Å². The van der Waals surface area contributed by atoms with Crippen molar-refractivity contribution in [2.45, 2.75) is 22.6 Å². The molecule has 0 aliphatic carbocycles. The fourth-order valence-corrected chi connectivity index (χ4v) is 4.78. The third kappa shape index (κ3) is 5.38. The van der Waals surface area contributed by atoms with Crippen LogP contribution >= 0.6 is 0 Å². The predicted octanol–water partition coefficient (Wildman–Crippen LogP) is 3.94. The molecule has 142 valence electrons. The zero-order chi connectivity index (χ0) is 18.9. The molecule has 2 aromatic carbocycles. The summed E-state index contributed by atoms with van der Waals surface area (Å²) in [5, 5.41) is 0. The van der Waals surface area contributed by atoms with Crippen LogP contribution in [0.5, 0.6) is 0 Å². The maximum Gasteiger partial charge on any atom is 0.193 e. The Morgan fingerprint density at radius 2 is 1.04 bits per heavy atom. The van der Waals surface area contributed by atoms with Gasteiger partial charge in [-0.1, -0.05) is 36.4 Å². The molecular weight excluding hydrogens is 372 g/mol. The van der Waals surface area contributed by atoms with E-state index in [0.717, 1.165) is 0 Å². The lowest BCUT2D eigenvalue weighted by Crippen LogP contribution is -2.10. The Labute approximate surface area is 156 Å². The molecule has 2 unspecified atom stereocenters. The number of hydrogen-bond acceptors (Lipinski definition) is 6. The van der Waals surface area contributed by atoms with Crippen molar-refractivity contribution in [3.8, 4) is 0 Å². The first-order chi connectivity index (χ1) is 12.5. The van der Waals surface area contributed by atoms with Crippen LogP contribution in [-0.2, 0) is 28.4 Å². The molecule has 0 aliphatic heterocycles. The molecule has 2 rings (SSSR count). The summed E-state index contributed by atoms with van der Waals surface area (Å²) in [6.45, 7) is 0.536. The maximum atomic E-state index is 12.7. The van der Waals surface area contributed by atoms with Crippen LogP contribution in [-0.4, -0.2) is 35.7 Å². The first-order valence-corrected chi connectivity index (χ1v) is 11.1. The van der Waals surface area contributed by atoms with Gasteiger partial charge in [-0.15, -0.1) is 0 Å². The van der Waals surface area contributed by atoms with Crippen molar-refractivity contribution < 1.29 is 16.8 Å². The lowest BCUT2D eigenvalue weighted by Gasteiger charge is -2.11. The third-order valence-electron chi connectivity index (χ3n) is 3.59. The molecule has 2 atom stereocenters. The van der Waals surface area contributed by atoms with E-state index in [0.29, 0.717) is 22.6 Å². The Balaban J connectivity index is 1.82. The highest BCUT2D eigenvalue weighted by atomic mass is 32.2. The first kappa shape index (κ1) is 20.6. The summed E-state index contributed by atoms with van der Waals surface area (Å²) >= 11 is 0. The average Bonchev–Trinajstić information content (AvgIpc) is 2.71. The van der Waals surface area contributed by atoms with Crippen LogP contribution in [0.1, 0.15) is 12.8 Å². The molecule has 0 radical (unpaired) electrons. The lowest BCUT2D eigenvalue weighted by atomic mass is 10.3. The molecule has 0 saturated heterocycles. The molecule has 0 amide bonds. The zero-order valence-electron chi connectivity index (χ0n) is 14.9. The molecule has 0 spiro atoms. The van der Waals surface area contributed by atoms with Crippen LogP contribution in [0.4, 0.5) is 0 Å². The van der Waals surface area contributed by atoms with Crippen LogP contribution < -0.4 is 0 Å². The summed E-state index contributed by atoms with van der Waals surface area (Å²) in [6.07, 6.45) is 1.21. The molecule has 0 bridgehead atoms. The van der Waals surface area contributed by atoms with Gasteiger partial charge in [-0.3, -0.25) is 8.37 Å². The number of unbranched alkanes of at least 4 members (excludes halogenated alkanes) is 1. The van der Waals surface area contributed by atoms with Crippen LogP contribution in [0, 0.1) is 0 Å². The molecule has 0 aliphatic rings. The minimum Gasteiger partial charge on any atom is -0.281 e. The van der Waals surface area contributed by atoms with E-state index in [1.807, 2.05) is 12.1 Å². The zero-order valence-corrected chi connectivity index (χ0v) is 16.6. The maximum absolute atomic E-state index is 12.7. The molecule has 6 nitrogen and oxygen atoms in total. The minimum atomic E-state index is -2.86. The first-order valence-electron chi connectivity index (χ1n) is 8.23. The van der Waals surface area contributed by atoms with Crippen molar-refractivity contribution in [2.24, 2.45) is 8.73 Å². The van der Waals surface area contributed by atoms with E-state index in [4.69, 9.17) is 8.37 Å². The SMILES string of the molecule is CN=S(=O)(OCCCCOS(=O)(=NC)c1ccccc1)c1ccccc1. The standard InChI is InChI=1S/C18H24N2O4S2/c1-19-25(21,17-11-5-3-6-12-17)23-15-9-10-16-24-26(22,20-2)18-13-7-4-8-14-18/h3-8,11-14H,9-10,15-16H2,1-2H3. The summed E-state index contributed by atoms with van der Waals surface area (Å²) in [5.41, 5.74) is 0. The van der Waals surface area contributed by atoms with E-state index < -0.39 is 20.0 Å². The number of benzene rings is 2. The molecular formula is C18H24N2O4S2. The van der Waals surface area contributed by atoms with Gasteiger partial charge in [0.05, 0.1) is 23.0 Å². The van der Waals surface area contributed by atoms with Crippen molar-refractivity contribution >= 4 is 20.0 Å². The summed E-state index contributed by atoms with van der Waals surface area (Å²) in [6, 6.07) is 17.8. The summed E-state index contributed by atoms with van der Waals surface area (Å²) in [7, 11) is -2.75. The monoisotopic (exact) mass is 396 g/mol. The van der Waals surface area contributed by atoms with E-state index in [-0.39, 0.29) is 13.2 Å². The van der Waals surface area contributed by atoms with E-state index >= 15 is 0 Å². The van der Waals surface area contributed by atoms with Gasteiger partial charge in [-0.2, -0.15) is 0 Å². The molecule has 2 aromatic rings. The van der Waals surface area contributed by atoms with E-state index in [1.165, 1.54) is 14.1 Å².